The summed E-state index contributed by atoms with van der Waals surface area (Å²) in [6, 6.07) is 1.69. The Bertz CT molecular complexity index is 1170. The number of aromatic nitrogens is 4. The Morgan fingerprint density at radius 3 is 2.79 bits per heavy atom. The van der Waals surface area contributed by atoms with Crippen LogP contribution in [0.5, 0.6) is 0 Å². The Kier molecular flexibility index (Phi) is 6.77. The Morgan fingerprint density at radius 1 is 1.26 bits per heavy atom. The van der Waals surface area contributed by atoms with Gasteiger partial charge < -0.3 is 19.9 Å². The van der Waals surface area contributed by atoms with Crippen LogP contribution < -0.4 is 10.6 Å². The molecule has 3 aromatic heterocycles. The van der Waals surface area contributed by atoms with Crippen molar-refractivity contribution >= 4 is 17.5 Å². The van der Waals surface area contributed by atoms with Gasteiger partial charge in [0.2, 0.25) is 11.8 Å². The molecule has 1 aliphatic rings. The van der Waals surface area contributed by atoms with E-state index in [1.807, 2.05) is 0 Å². The van der Waals surface area contributed by atoms with Crippen molar-refractivity contribution in [2.24, 2.45) is 5.92 Å². The van der Waals surface area contributed by atoms with Crippen molar-refractivity contribution in [3.05, 3.63) is 47.2 Å². The molecule has 0 aliphatic heterocycles. The molecule has 0 aromatic carbocycles. The number of amides is 2. The molecule has 3 aromatic rings. The van der Waals surface area contributed by atoms with Crippen molar-refractivity contribution in [1.82, 2.24) is 30.4 Å². The normalized spacial score (nSPS) is 15.4. The van der Waals surface area contributed by atoms with Crippen LogP contribution in [0.4, 0.5) is 17.6 Å². The minimum Gasteiger partial charge on any atom is -0.364 e. The van der Waals surface area contributed by atoms with E-state index >= 15 is 0 Å². The van der Waals surface area contributed by atoms with Gasteiger partial charge in [-0.1, -0.05) is 5.16 Å². The molecule has 10 nitrogen and oxygen atoms in total. The maximum Gasteiger partial charge on any atom is 0.345 e. The second-order valence-corrected chi connectivity index (χ2v) is 7.94. The molecule has 4 rings (SSSR count). The highest BCUT2D eigenvalue weighted by molar-refractivity contribution is 5.94. The third-order valence-electron chi connectivity index (χ3n) is 5.23. The van der Waals surface area contributed by atoms with E-state index in [9.17, 15) is 27.2 Å². The molecule has 182 valence electrons. The van der Waals surface area contributed by atoms with Crippen LogP contribution in [0, 0.1) is 5.92 Å². The van der Waals surface area contributed by atoms with Crippen molar-refractivity contribution < 1.29 is 36.4 Å². The summed E-state index contributed by atoms with van der Waals surface area (Å²) < 4.78 is 60.4. The highest BCUT2D eigenvalue weighted by Crippen LogP contribution is 2.43. The number of hydrogen-bond donors (Lipinski definition) is 2. The van der Waals surface area contributed by atoms with E-state index in [2.05, 4.69) is 35.1 Å². The zero-order chi connectivity index (χ0) is 24.3. The number of hydrogen-bond acceptors (Lipinski definition) is 7. The number of carbonyl (C=O) groups is 2. The summed E-state index contributed by atoms with van der Waals surface area (Å²) in [6.07, 6.45) is 3.68. The number of nitrogens with one attached hydrogen (secondary N) is 2. The predicted molar refractivity (Wildman–Crippen MR) is 106 cm³/mol. The Hall–Kier alpha value is -3.55. The number of alkyl halides is 4. The lowest BCUT2D eigenvalue weighted by atomic mass is 9.79. The monoisotopic (exact) mass is 484 g/mol. The molecule has 0 unspecified atom stereocenters. The molecular weight excluding hydrogens is 464 g/mol. The number of carbonyl (C=O) groups excluding carboxylic acids is 2. The highest BCUT2D eigenvalue weighted by atomic mass is 19.3. The number of fused-ring (bicyclic) bond motifs is 1. The van der Waals surface area contributed by atoms with Crippen LogP contribution in [0.3, 0.4) is 0 Å². The molecule has 3 heterocycles. The van der Waals surface area contributed by atoms with Gasteiger partial charge >= 0.3 is 6.61 Å². The molecule has 0 saturated heterocycles. The largest absolute Gasteiger partial charge is 0.364 e. The summed E-state index contributed by atoms with van der Waals surface area (Å²) in [5.41, 5.74) is 1.49. The topological polar surface area (TPSA) is 124 Å². The standard InChI is InChI=1S/C20H20F4N6O4/c21-19(22)33-10-15-14(9-34-29-15)18(32)26-7-13-8-30-16(28-13)1-12(6-27-30)5-25-17(31)2-11-3-20(23,24)4-11/h1,6,8-9,11,19H,2-5,7,10H2,(H,25,31)(H,26,32). The van der Waals surface area contributed by atoms with E-state index in [0.29, 0.717) is 16.9 Å². The summed E-state index contributed by atoms with van der Waals surface area (Å²) in [4.78, 5) is 28.6. The SMILES string of the molecule is O=C(CC1CC(F)(F)C1)NCc1cnn2cc(CNC(=O)c3conc3COC(F)F)nc2c1. The van der Waals surface area contributed by atoms with Crippen LogP contribution in [0.15, 0.2) is 29.2 Å². The number of imidazole rings is 1. The van der Waals surface area contributed by atoms with Gasteiger partial charge in [0.1, 0.15) is 17.5 Å². The van der Waals surface area contributed by atoms with Crippen LogP contribution in [0.1, 0.15) is 46.6 Å². The van der Waals surface area contributed by atoms with Gasteiger partial charge in [-0.2, -0.15) is 13.9 Å². The fourth-order valence-corrected chi connectivity index (χ4v) is 3.57. The Labute approximate surface area is 189 Å². The van der Waals surface area contributed by atoms with Gasteiger partial charge in [0.05, 0.1) is 31.2 Å². The van der Waals surface area contributed by atoms with Crippen LogP contribution >= 0.6 is 0 Å². The lowest BCUT2D eigenvalue weighted by molar-refractivity contribution is -0.138. The number of rotatable bonds is 10. The van der Waals surface area contributed by atoms with E-state index in [0.717, 1.165) is 6.26 Å². The molecule has 1 saturated carbocycles. The molecule has 2 N–H and O–H groups in total. The fourth-order valence-electron chi connectivity index (χ4n) is 3.57. The first-order chi connectivity index (χ1) is 16.2. The van der Waals surface area contributed by atoms with Gasteiger partial charge in [0, 0.05) is 25.8 Å². The number of ether oxygens (including phenoxy) is 1. The molecule has 0 spiro atoms. The van der Waals surface area contributed by atoms with E-state index in [1.54, 1.807) is 12.3 Å². The molecule has 1 fully saturated rings. The van der Waals surface area contributed by atoms with E-state index < -0.39 is 25.0 Å². The summed E-state index contributed by atoms with van der Waals surface area (Å²) in [5, 5.41) is 12.9. The smallest absolute Gasteiger partial charge is 0.345 e. The minimum atomic E-state index is -3.01. The van der Waals surface area contributed by atoms with Gasteiger partial charge in [0.15, 0.2) is 5.65 Å². The van der Waals surface area contributed by atoms with Gasteiger partial charge in [-0.05, 0) is 17.5 Å². The quantitative estimate of drug-likeness (QED) is 0.424. The van der Waals surface area contributed by atoms with E-state index in [-0.39, 0.29) is 55.4 Å². The number of nitrogens with zero attached hydrogens (tertiary/aromatic N) is 4. The second kappa shape index (κ2) is 9.75. The van der Waals surface area contributed by atoms with Gasteiger partial charge in [-0.3, -0.25) is 9.59 Å². The average Bonchev–Trinajstić information content (AvgIpc) is 3.39. The van der Waals surface area contributed by atoms with Crippen LogP contribution in [0.2, 0.25) is 0 Å². The first kappa shape index (κ1) is 23.6. The summed E-state index contributed by atoms with van der Waals surface area (Å²) in [7, 11) is 0. The molecule has 14 heteroatoms. The first-order valence-electron chi connectivity index (χ1n) is 10.3. The Morgan fingerprint density at radius 2 is 2.06 bits per heavy atom. The highest BCUT2D eigenvalue weighted by Gasteiger charge is 2.45. The second-order valence-electron chi connectivity index (χ2n) is 7.94. The molecule has 0 atom stereocenters. The van der Waals surface area contributed by atoms with Crippen molar-refractivity contribution in [2.45, 2.75) is 51.5 Å². The van der Waals surface area contributed by atoms with Gasteiger partial charge in [-0.15, -0.1) is 0 Å². The lowest BCUT2D eigenvalue weighted by Crippen LogP contribution is -2.38. The van der Waals surface area contributed by atoms with Crippen molar-refractivity contribution in [2.75, 3.05) is 0 Å². The summed E-state index contributed by atoms with van der Waals surface area (Å²) in [6.45, 7) is -3.41. The predicted octanol–water partition coefficient (Wildman–Crippen LogP) is 2.44. The minimum absolute atomic E-state index is 0.0145. The third-order valence-corrected chi connectivity index (χ3v) is 5.23. The van der Waals surface area contributed by atoms with E-state index in [1.165, 1.54) is 10.7 Å². The summed E-state index contributed by atoms with van der Waals surface area (Å²) in [5.74, 6) is -3.87. The molecule has 0 radical (unpaired) electrons. The van der Waals surface area contributed by atoms with Crippen molar-refractivity contribution in [3.63, 3.8) is 0 Å². The van der Waals surface area contributed by atoms with Gasteiger partial charge in [0.25, 0.3) is 5.91 Å². The summed E-state index contributed by atoms with van der Waals surface area (Å²) >= 11 is 0. The lowest BCUT2D eigenvalue weighted by Gasteiger charge is -2.34. The van der Waals surface area contributed by atoms with Crippen molar-refractivity contribution in [3.8, 4) is 0 Å². The van der Waals surface area contributed by atoms with Gasteiger partial charge in [-0.25, -0.2) is 18.3 Å². The van der Waals surface area contributed by atoms with Crippen molar-refractivity contribution in [1.29, 1.82) is 0 Å². The molecule has 2 amide bonds. The maximum atomic E-state index is 12.9. The van der Waals surface area contributed by atoms with Crippen LogP contribution in [-0.4, -0.2) is 44.1 Å². The van der Waals surface area contributed by atoms with Crippen LogP contribution in [-0.2, 0) is 29.2 Å². The Balaban J connectivity index is 1.29. The number of halogens is 4. The zero-order valence-electron chi connectivity index (χ0n) is 17.6. The molecule has 34 heavy (non-hydrogen) atoms. The van der Waals surface area contributed by atoms with Crippen LogP contribution in [0.25, 0.3) is 5.65 Å². The fraction of sp³-hybridized carbons (Fsp3) is 0.450. The third kappa shape index (κ3) is 5.87. The zero-order valence-corrected chi connectivity index (χ0v) is 17.6. The molecule has 1 aliphatic carbocycles. The molecule has 0 bridgehead atoms. The first-order valence-corrected chi connectivity index (χ1v) is 10.3. The maximum absolute atomic E-state index is 12.9. The van der Waals surface area contributed by atoms with E-state index in [4.69, 9.17) is 0 Å². The average molecular weight is 484 g/mol. The molecular formula is C20H20F4N6O4.